The second-order valence-corrected chi connectivity index (χ2v) is 7.51. The number of nitrogens with zero attached hydrogens (tertiary/aromatic N) is 3. The molecule has 2 aliphatic rings. The number of aromatic nitrogens is 2. The average molecular weight is 399 g/mol. The van der Waals surface area contributed by atoms with Gasteiger partial charge < -0.3 is 19.1 Å². The van der Waals surface area contributed by atoms with E-state index < -0.39 is 0 Å². The van der Waals surface area contributed by atoms with Crippen LogP contribution in [0.3, 0.4) is 0 Å². The minimum absolute atomic E-state index is 0.00697. The Morgan fingerprint density at radius 3 is 2.93 bits per heavy atom. The molecule has 1 aromatic heterocycles. The minimum atomic E-state index is -0.313. The normalized spacial score (nSPS) is 17.4. The van der Waals surface area contributed by atoms with E-state index in [1.807, 2.05) is 24.3 Å². The number of fused-ring (bicyclic) bond motifs is 3. The monoisotopic (exact) mass is 399 g/mol. The molecule has 8 heteroatoms. The van der Waals surface area contributed by atoms with E-state index in [0.29, 0.717) is 31.2 Å². The van der Waals surface area contributed by atoms with Crippen LogP contribution >= 0.6 is 0 Å². The summed E-state index contributed by atoms with van der Waals surface area (Å²) in [4.78, 5) is 29.8. The minimum Gasteiger partial charge on any atom is -0.484 e. The zero-order valence-corrected chi connectivity index (χ0v) is 16.7. The Labute approximate surface area is 169 Å². The molecule has 1 fully saturated rings. The predicted octanol–water partition coefficient (Wildman–Crippen LogP) is 1.49. The van der Waals surface area contributed by atoms with Crippen LogP contribution in [-0.2, 0) is 22.5 Å². The number of carbonyl (C=O) groups excluding carboxylic acids is 1. The fourth-order valence-electron chi connectivity index (χ4n) is 3.58. The maximum absolute atomic E-state index is 12.5. The summed E-state index contributed by atoms with van der Waals surface area (Å²) in [7, 11) is 3.39. The van der Waals surface area contributed by atoms with Crippen LogP contribution in [0.5, 0.6) is 11.6 Å². The van der Waals surface area contributed by atoms with E-state index in [9.17, 15) is 9.59 Å². The van der Waals surface area contributed by atoms with Crippen LogP contribution in [0.25, 0.3) is 11.3 Å². The van der Waals surface area contributed by atoms with Gasteiger partial charge >= 0.3 is 5.69 Å². The molecular weight excluding hydrogens is 374 g/mol. The second kappa shape index (κ2) is 8.24. The maximum atomic E-state index is 12.5. The van der Waals surface area contributed by atoms with Gasteiger partial charge in [0, 0.05) is 38.9 Å². The molecule has 0 aliphatic carbocycles. The Bertz CT molecular complexity index is 963. The highest BCUT2D eigenvalue weighted by molar-refractivity contribution is 5.77. The zero-order chi connectivity index (χ0) is 20.4. The highest BCUT2D eigenvalue weighted by atomic mass is 16.5. The van der Waals surface area contributed by atoms with Crippen molar-refractivity contribution >= 4 is 5.91 Å². The summed E-state index contributed by atoms with van der Waals surface area (Å²) in [6, 6.07) is 7.47. The predicted molar refractivity (Wildman–Crippen MR) is 106 cm³/mol. The van der Waals surface area contributed by atoms with Crippen LogP contribution in [0.2, 0.25) is 0 Å². The SMILES string of the molecule is CN(C)C(=O)COc1ccc2c(c1)CCn1c-2cc(OCC2CCCO2)nc1=O. The van der Waals surface area contributed by atoms with E-state index in [-0.39, 0.29) is 24.3 Å². The van der Waals surface area contributed by atoms with Gasteiger partial charge in [0.2, 0.25) is 5.88 Å². The van der Waals surface area contributed by atoms with Gasteiger partial charge in [-0.1, -0.05) is 0 Å². The van der Waals surface area contributed by atoms with Crippen LogP contribution in [0.4, 0.5) is 0 Å². The summed E-state index contributed by atoms with van der Waals surface area (Å²) in [5, 5.41) is 0. The van der Waals surface area contributed by atoms with Crippen molar-refractivity contribution in [1.82, 2.24) is 14.5 Å². The lowest BCUT2D eigenvalue weighted by Crippen LogP contribution is -2.29. The van der Waals surface area contributed by atoms with Gasteiger partial charge in [-0.05, 0) is 43.0 Å². The molecule has 3 heterocycles. The third-order valence-electron chi connectivity index (χ3n) is 5.25. The van der Waals surface area contributed by atoms with Gasteiger partial charge in [-0.3, -0.25) is 9.36 Å². The molecule has 1 saturated heterocycles. The summed E-state index contributed by atoms with van der Waals surface area (Å²) in [5.41, 5.74) is 2.48. The van der Waals surface area contributed by atoms with E-state index in [2.05, 4.69) is 4.98 Å². The average Bonchev–Trinajstić information content (AvgIpc) is 3.23. The molecule has 154 valence electrons. The van der Waals surface area contributed by atoms with E-state index in [1.54, 1.807) is 18.7 Å². The van der Waals surface area contributed by atoms with E-state index in [4.69, 9.17) is 14.2 Å². The van der Waals surface area contributed by atoms with Crippen molar-refractivity contribution in [3.05, 3.63) is 40.3 Å². The summed E-state index contributed by atoms with van der Waals surface area (Å²) >= 11 is 0. The summed E-state index contributed by atoms with van der Waals surface area (Å²) in [5.74, 6) is 0.860. The number of ether oxygens (including phenoxy) is 3. The number of hydrogen-bond acceptors (Lipinski definition) is 6. The number of hydrogen-bond donors (Lipinski definition) is 0. The number of rotatable bonds is 6. The standard InChI is InChI=1S/C21H25N3O5/c1-23(2)20(25)13-28-15-5-6-17-14(10-15)7-8-24-18(17)11-19(22-21(24)26)29-12-16-4-3-9-27-16/h5-6,10-11,16H,3-4,7-9,12-13H2,1-2H3. The van der Waals surface area contributed by atoms with Crippen molar-refractivity contribution in [2.45, 2.75) is 31.9 Å². The molecule has 29 heavy (non-hydrogen) atoms. The molecule has 0 saturated carbocycles. The van der Waals surface area contributed by atoms with Gasteiger partial charge in [-0.25, -0.2) is 4.79 Å². The van der Waals surface area contributed by atoms with E-state index in [0.717, 1.165) is 36.3 Å². The number of benzene rings is 1. The lowest BCUT2D eigenvalue weighted by molar-refractivity contribution is -0.130. The Hall–Kier alpha value is -2.87. The Morgan fingerprint density at radius 2 is 2.17 bits per heavy atom. The molecule has 2 aliphatic heterocycles. The molecule has 0 bridgehead atoms. The summed E-state index contributed by atoms with van der Waals surface area (Å²) in [6.07, 6.45) is 2.75. The van der Waals surface area contributed by atoms with Crippen LogP contribution in [0.1, 0.15) is 18.4 Å². The number of aryl methyl sites for hydroxylation is 1. The molecule has 4 rings (SSSR count). The Morgan fingerprint density at radius 1 is 1.31 bits per heavy atom. The molecular formula is C21H25N3O5. The smallest absolute Gasteiger partial charge is 0.351 e. The van der Waals surface area contributed by atoms with Crippen molar-refractivity contribution in [3.63, 3.8) is 0 Å². The Balaban J connectivity index is 1.54. The van der Waals surface area contributed by atoms with Gasteiger partial charge in [0.05, 0.1) is 11.8 Å². The highest BCUT2D eigenvalue weighted by Crippen LogP contribution is 2.32. The number of carbonyl (C=O) groups is 1. The molecule has 0 N–H and O–H groups in total. The van der Waals surface area contributed by atoms with Crippen LogP contribution in [0.15, 0.2) is 29.1 Å². The molecule has 8 nitrogen and oxygen atoms in total. The number of likely N-dealkylation sites (N-methyl/N-ethyl adjacent to an activating group) is 1. The first-order valence-electron chi connectivity index (χ1n) is 9.84. The van der Waals surface area contributed by atoms with Gasteiger partial charge in [0.15, 0.2) is 6.61 Å². The third-order valence-corrected chi connectivity index (χ3v) is 5.25. The lowest BCUT2D eigenvalue weighted by atomic mass is 9.97. The van der Waals surface area contributed by atoms with Gasteiger partial charge in [-0.2, -0.15) is 4.98 Å². The van der Waals surface area contributed by atoms with Gasteiger partial charge in [-0.15, -0.1) is 0 Å². The van der Waals surface area contributed by atoms with E-state index >= 15 is 0 Å². The van der Waals surface area contributed by atoms with Crippen molar-refractivity contribution in [1.29, 1.82) is 0 Å². The first kappa shape index (κ1) is 19.4. The second-order valence-electron chi connectivity index (χ2n) is 7.51. The largest absolute Gasteiger partial charge is 0.484 e. The fraction of sp³-hybridized carbons (Fsp3) is 0.476. The first-order valence-corrected chi connectivity index (χ1v) is 9.84. The fourth-order valence-corrected chi connectivity index (χ4v) is 3.58. The number of amides is 1. The lowest BCUT2D eigenvalue weighted by Gasteiger charge is -2.22. The third kappa shape index (κ3) is 4.27. The summed E-state index contributed by atoms with van der Waals surface area (Å²) < 4.78 is 18.6. The van der Waals surface area contributed by atoms with Crippen molar-refractivity contribution in [2.75, 3.05) is 33.9 Å². The first-order chi connectivity index (χ1) is 14.0. The molecule has 1 amide bonds. The van der Waals surface area contributed by atoms with E-state index in [1.165, 1.54) is 4.90 Å². The molecule has 1 atom stereocenters. The van der Waals surface area contributed by atoms with Crippen molar-refractivity contribution in [2.24, 2.45) is 0 Å². The molecule has 1 unspecified atom stereocenters. The van der Waals surface area contributed by atoms with Crippen LogP contribution < -0.4 is 15.2 Å². The summed E-state index contributed by atoms with van der Waals surface area (Å²) in [6.45, 7) is 1.69. The molecule has 1 aromatic carbocycles. The molecule has 2 aromatic rings. The van der Waals surface area contributed by atoms with Gasteiger partial charge in [0.25, 0.3) is 5.91 Å². The van der Waals surface area contributed by atoms with Crippen molar-refractivity contribution in [3.8, 4) is 22.9 Å². The topological polar surface area (TPSA) is 82.9 Å². The zero-order valence-electron chi connectivity index (χ0n) is 16.7. The van der Waals surface area contributed by atoms with Crippen molar-refractivity contribution < 1.29 is 19.0 Å². The quantitative estimate of drug-likeness (QED) is 0.732. The maximum Gasteiger partial charge on any atom is 0.351 e. The molecule has 0 spiro atoms. The van der Waals surface area contributed by atoms with Gasteiger partial charge in [0.1, 0.15) is 12.4 Å². The van der Waals surface area contributed by atoms with Crippen LogP contribution in [-0.4, -0.2) is 60.4 Å². The molecule has 0 radical (unpaired) electrons. The van der Waals surface area contributed by atoms with Crippen LogP contribution in [0, 0.1) is 0 Å². The highest BCUT2D eigenvalue weighted by Gasteiger charge is 2.21. The Kier molecular flexibility index (Phi) is 5.53.